The average Bonchev–Trinajstić information content (AvgIpc) is 2.58. The Morgan fingerprint density at radius 2 is 1.79 bits per heavy atom. The molecule has 2 aromatic carbocycles. The van der Waals surface area contributed by atoms with E-state index in [1.165, 1.54) is 12.7 Å². The van der Waals surface area contributed by atoms with Crippen molar-refractivity contribution in [3.05, 3.63) is 65.2 Å². The van der Waals surface area contributed by atoms with Crippen LogP contribution in [0.4, 0.5) is 0 Å². The number of hydrogen-bond donors (Lipinski definition) is 0. The van der Waals surface area contributed by atoms with Crippen LogP contribution >= 0.6 is 0 Å². The van der Waals surface area contributed by atoms with Gasteiger partial charge in [0.05, 0.1) is 25.4 Å². The molecule has 3 rings (SSSR count). The van der Waals surface area contributed by atoms with Gasteiger partial charge in [-0.1, -0.05) is 36.4 Å². The molecule has 0 atom stereocenters. The van der Waals surface area contributed by atoms with Crippen LogP contribution in [0.25, 0.3) is 0 Å². The van der Waals surface area contributed by atoms with E-state index in [1.54, 1.807) is 6.07 Å². The number of methoxy groups -OCH3 is 1. The molecule has 0 bridgehead atoms. The minimum absolute atomic E-state index is 0.136. The maximum absolute atomic E-state index is 11.7. The van der Waals surface area contributed by atoms with Gasteiger partial charge in [-0.25, -0.2) is 4.79 Å². The molecule has 1 aliphatic carbocycles. The maximum Gasteiger partial charge on any atom is 0.338 e. The normalized spacial score (nSPS) is 19.4. The summed E-state index contributed by atoms with van der Waals surface area (Å²) in [6.07, 6.45) is 2.11. The van der Waals surface area contributed by atoms with E-state index < -0.39 is 0 Å². The van der Waals surface area contributed by atoms with Crippen molar-refractivity contribution in [2.45, 2.75) is 38.6 Å². The predicted molar refractivity (Wildman–Crippen MR) is 91.2 cm³/mol. The maximum atomic E-state index is 11.7. The first-order chi connectivity index (χ1) is 11.7. The Hall–Kier alpha value is -2.33. The lowest BCUT2D eigenvalue weighted by atomic mass is 9.91. The van der Waals surface area contributed by atoms with E-state index in [9.17, 15) is 4.79 Å². The molecule has 0 radical (unpaired) electrons. The summed E-state index contributed by atoms with van der Waals surface area (Å²) in [5.41, 5.74) is 2.55. The van der Waals surface area contributed by atoms with E-state index in [1.807, 2.05) is 37.3 Å². The number of ether oxygens (including phenoxy) is 3. The summed E-state index contributed by atoms with van der Waals surface area (Å²) >= 11 is 0. The number of carbonyl (C=O) groups excluding carboxylic acids is 1. The van der Waals surface area contributed by atoms with Crippen molar-refractivity contribution in [2.75, 3.05) is 7.11 Å². The van der Waals surface area contributed by atoms with Crippen molar-refractivity contribution in [3.8, 4) is 5.75 Å². The number of esters is 1. The second-order valence-electron chi connectivity index (χ2n) is 6.05. The zero-order valence-corrected chi connectivity index (χ0v) is 14.0. The molecular formula is C20H22O4. The summed E-state index contributed by atoms with van der Waals surface area (Å²) in [6, 6.07) is 15.6. The quantitative estimate of drug-likeness (QED) is 0.755. The molecule has 1 fully saturated rings. The number of benzene rings is 2. The fraction of sp³-hybridized carbons (Fsp3) is 0.350. The summed E-state index contributed by atoms with van der Waals surface area (Å²) in [5, 5.41) is 0. The minimum atomic E-state index is -0.337. The molecule has 0 aliphatic heterocycles. The summed E-state index contributed by atoms with van der Waals surface area (Å²) in [5.74, 6) is 0.403. The second kappa shape index (κ2) is 7.49. The van der Waals surface area contributed by atoms with Gasteiger partial charge in [0.2, 0.25) is 0 Å². The number of carbonyl (C=O) groups is 1. The Kier molecular flexibility index (Phi) is 5.16. The van der Waals surface area contributed by atoms with Crippen LogP contribution in [0.1, 0.15) is 34.3 Å². The molecule has 1 saturated carbocycles. The topological polar surface area (TPSA) is 44.8 Å². The molecule has 24 heavy (non-hydrogen) atoms. The van der Waals surface area contributed by atoms with Gasteiger partial charge in [0.1, 0.15) is 11.9 Å². The Labute approximate surface area is 142 Å². The standard InChI is InChI=1S/C20H22O4/c1-14-18(20(21)22-2)9-6-10-19(14)24-17-11-16(12-17)23-13-15-7-4-3-5-8-15/h3-10,16-17H,11-13H2,1-2H3. The fourth-order valence-electron chi connectivity index (χ4n) is 2.79. The van der Waals surface area contributed by atoms with E-state index in [0.29, 0.717) is 12.2 Å². The Morgan fingerprint density at radius 3 is 2.50 bits per heavy atom. The molecule has 0 spiro atoms. The molecule has 0 N–H and O–H groups in total. The lowest BCUT2D eigenvalue weighted by Crippen LogP contribution is -2.39. The van der Waals surface area contributed by atoms with E-state index in [-0.39, 0.29) is 18.2 Å². The lowest BCUT2D eigenvalue weighted by molar-refractivity contribution is -0.0685. The molecule has 0 aromatic heterocycles. The van der Waals surface area contributed by atoms with Crippen molar-refractivity contribution >= 4 is 5.97 Å². The molecule has 4 nitrogen and oxygen atoms in total. The lowest BCUT2D eigenvalue weighted by Gasteiger charge is -2.35. The van der Waals surface area contributed by atoms with Crippen molar-refractivity contribution in [3.63, 3.8) is 0 Å². The second-order valence-corrected chi connectivity index (χ2v) is 6.05. The molecule has 0 saturated heterocycles. The van der Waals surface area contributed by atoms with Crippen LogP contribution in [0.3, 0.4) is 0 Å². The monoisotopic (exact) mass is 326 g/mol. The molecule has 0 heterocycles. The van der Waals surface area contributed by atoms with Crippen LogP contribution in [-0.2, 0) is 16.1 Å². The predicted octanol–water partition coefficient (Wildman–Crippen LogP) is 3.91. The van der Waals surface area contributed by atoms with Gasteiger partial charge < -0.3 is 14.2 Å². The molecular weight excluding hydrogens is 304 g/mol. The van der Waals surface area contributed by atoms with Gasteiger partial charge in [-0.05, 0) is 24.6 Å². The SMILES string of the molecule is COC(=O)c1cccc(OC2CC(OCc3ccccc3)C2)c1C. The van der Waals surface area contributed by atoms with Crippen LogP contribution in [0.2, 0.25) is 0 Å². The average molecular weight is 326 g/mol. The summed E-state index contributed by atoms with van der Waals surface area (Å²) in [6.45, 7) is 2.51. The van der Waals surface area contributed by atoms with Gasteiger partial charge in [0.15, 0.2) is 0 Å². The summed E-state index contributed by atoms with van der Waals surface area (Å²) in [7, 11) is 1.38. The first-order valence-corrected chi connectivity index (χ1v) is 8.17. The summed E-state index contributed by atoms with van der Waals surface area (Å²) in [4.78, 5) is 11.7. The zero-order chi connectivity index (χ0) is 16.9. The Morgan fingerprint density at radius 1 is 1.04 bits per heavy atom. The third-order valence-corrected chi connectivity index (χ3v) is 4.36. The highest BCUT2D eigenvalue weighted by atomic mass is 16.5. The van der Waals surface area contributed by atoms with E-state index in [0.717, 1.165) is 24.2 Å². The van der Waals surface area contributed by atoms with E-state index in [2.05, 4.69) is 12.1 Å². The molecule has 2 aromatic rings. The molecule has 0 unspecified atom stereocenters. The van der Waals surface area contributed by atoms with Crippen molar-refractivity contribution in [1.82, 2.24) is 0 Å². The van der Waals surface area contributed by atoms with Crippen molar-refractivity contribution < 1.29 is 19.0 Å². The third kappa shape index (κ3) is 3.77. The summed E-state index contributed by atoms with van der Waals surface area (Å²) < 4.78 is 16.7. The largest absolute Gasteiger partial charge is 0.490 e. The van der Waals surface area contributed by atoms with Gasteiger partial charge in [-0.3, -0.25) is 0 Å². The number of hydrogen-bond acceptors (Lipinski definition) is 4. The third-order valence-electron chi connectivity index (χ3n) is 4.36. The number of rotatable bonds is 6. The highest BCUT2D eigenvalue weighted by molar-refractivity contribution is 5.91. The van der Waals surface area contributed by atoms with Gasteiger partial charge >= 0.3 is 5.97 Å². The fourth-order valence-corrected chi connectivity index (χ4v) is 2.79. The molecule has 4 heteroatoms. The van der Waals surface area contributed by atoms with Gasteiger partial charge in [0.25, 0.3) is 0 Å². The van der Waals surface area contributed by atoms with Crippen LogP contribution in [0.15, 0.2) is 48.5 Å². The van der Waals surface area contributed by atoms with Crippen LogP contribution in [0, 0.1) is 6.92 Å². The highest BCUT2D eigenvalue weighted by Crippen LogP contribution is 2.31. The van der Waals surface area contributed by atoms with E-state index >= 15 is 0 Å². The first kappa shape index (κ1) is 16.5. The first-order valence-electron chi connectivity index (χ1n) is 8.17. The smallest absolute Gasteiger partial charge is 0.338 e. The minimum Gasteiger partial charge on any atom is -0.490 e. The Balaban J connectivity index is 1.50. The van der Waals surface area contributed by atoms with Crippen molar-refractivity contribution in [1.29, 1.82) is 0 Å². The van der Waals surface area contributed by atoms with E-state index in [4.69, 9.17) is 14.2 Å². The van der Waals surface area contributed by atoms with Crippen LogP contribution < -0.4 is 4.74 Å². The van der Waals surface area contributed by atoms with Crippen molar-refractivity contribution in [2.24, 2.45) is 0 Å². The van der Waals surface area contributed by atoms with Crippen LogP contribution in [0.5, 0.6) is 5.75 Å². The van der Waals surface area contributed by atoms with Crippen LogP contribution in [-0.4, -0.2) is 25.3 Å². The molecule has 126 valence electrons. The Bertz CT molecular complexity index is 690. The van der Waals surface area contributed by atoms with Gasteiger partial charge in [-0.2, -0.15) is 0 Å². The zero-order valence-electron chi connectivity index (χ0n) is 14.0. The van der Waals surface area contributed by atoms with Gasteiger partial charge in [0, 0.05) is 18.4 Å². The molecule has 1 aliphatic rings. The highest BCUT2D eigenvalue weighted by Gasteiger charge is 2.32. The van der Waals surface area contributed by atoms with Gasteiger partial charge in [-0.15, -0.1) is 0 Å². The molecule has 0 amide bonds.